The lowest BCUT2D eigenvalue weighted by atomic mass is 10.0. The smallest absolute Gasteiger partial charge is 0.258 e. The molecular formula is C14H20Cl2N2O2. The van der Waals surface area contributed by atoms with Crippen molar-refractivity contribution in [2.75, 3.05) is 27.2 Å². The van der Waals surface area contributed by atoms with Crippen molar-refractivity contribution >= 4 is 29.1 Å². The Morgan fingerprint density at radius 2 is 2.00 bits per heavy atom. The van der Waals surface area contributed by atoms with Gasteiger partial charge >= 0.3 is 0 Å². The number of hydrogen-bond donors (Lipinski definition) is 1. The highest BCUT2D eigenvalue weighted by atomic mass is 35.5. The summed E-state index contributed by atoms with van der Waals surface area (Å²) in [5.74, 6) is 0.206. The molecule has 4 nitrogen and oxygen atoms in total. The fourth-order valence-electron chi connectivity index (χ4n) is 1.26. The number of benzene rings is 1. The van der Waals surface area contributed by atoms with Crippen LogP contribution in [0.4, 0.5) is 0 Å². The number of nitrogens with zero attached hydrogens (tertiary/aromatic N) is 1. The Kier molecular flexibility index (Phi) is 6.11. The van der Waals surface area contributed by atoms with Gasteiger partial charge in [0, 0.05) is 23.2 Å². The number of likely N-dealkylation sites (N-methyl/N-ethyl adjacent to an activating group) is 1. The van der Waals surface area contributed by atoms with Crippen molar-refractivity contribution in [3.05, 3.63) is 28.2 Å². The Morgan fingerprint density at radius 3 is 2.60 bits per heavy atom. The van der Waals surface area contributed by atoms with Gasteiger partial charge in [-0.05, 0) is 40.1 Å². The van der Waals surface area contributed by atoms with Crippen molar-refractivity contribution in [1.29, 1.82) is 0 Å². The third-order valence-corrected chi connectivity index (χ3v) is 3.73. The molecule has 0 aliphatic rings. The Bertz CT molecular complexity index is 476. The van der Waals surface area contributed by atoms with E-state index >= 15 is 0 Å². The van der Waals surface area contributed by atoms with E-state index in [-0.39, 0.29) is 18.1 Å². The zero-order chi connectivity index (χ0) is 15.3. The van der Waals surface area contributed by atoms with Crippen LogP contribution in [0.25, 0.3) is 0 Å². The second-order valence-electron chi connectivity index (χ2n) is 5.35. The third-order valence-electron chi connectivity index (χ3n) is 3.18. The van der Waals surface area contributed by atoms with E-state index in [1.807, 2.05) is 32.8 Å². The van der Waals surface area contributed by atoms with Crippen LogP contribution in [0.5, 0.6) is 5.75 Å². The number of ether oxygens (including phenoxy) is 1. The normalized spacial score (nSPS) is 11.6. The van der Waals surface area contributed by atoms with E-state index in [9.17, 15) is 4.79 Å². The van der Waals surface area contributed by atoms with E-state index in [2.05, 4.69) is 5.32 Å². The van der Waals surface area contributed by atoms with Crippen LogP contribution in [0.3, 0.4) is 0 Å². The lowest BCUT2D eigenvalue weighted by molar-refractivity contribution is -0.123. The van der Waals surface area contributed by atoms with E-state index in [1.54, 1.807) is 18.2 Å². The molecule has 1 aromatic carbocycles. The first-order valence-corrected chi connectivity index (χ1v) is 7.00. The predicted molar refractivity (Wildman–Crippen MR) is 82.7 cm³/mol. The van der Waals surface area contributed by atoms with Gasteiger partial charge in [-0.1, -0.05) is 23.2 Å². The topological polar surface area (TPSA) is 41.6 Å². The third kappa shape index (κ3) is 5.19. The van der Waals surface area contributed by atoms with E-state index in [0.717, 1.165) is 0 Å². The maximum absolute atomic E-state index is 11.8. The maximum Gasteiger partial charge on any atom is 0.258 e. The predicted octanol–water partition coefficient (Wildman–Crippen LogP) is 2.83. The van der Waals surface area contributed by atoms with Crippen LogP contribution < -0.4 is 10.1 Å². The Balaban J connectivity index is 2.46. The van der Waals surface area contributed by atoms with Crippen LogP contribution in [0, 0.1) is 0 Å². The van der Waals surface area contributed by atoms with Crippen LogP contribution in [-0.2, 0) is 4.79 Å². The Morgan fingerprint density at radius 1 is 1.35 bits per heavy atom. The minimum Gasteiger partial charge on any atom is -0.482 e. The number of rotatable bonds is 6. The average molecular weight is 319 g/mol. The molecule has 0 saturated carbocycles. The quantitative estimate of drug-likeness (QED) is 0.877. The molecule has 0 spiro atoms. The van der Waals surface area contributed by atoms with Crippen molar-refractivity contribution in [1.82, 2.24) is 10.2 Å². The van der Waals surface area contributed by atoms with E-state index in [0.29, 0.717) is 22.3 Å². The van der Waals surface area contributed by atoms with Gasteiger partial charge in [0.15, 0.2) is 6.61 Å². The van der Waals surface area contributed by atoms with E-state index in [1.165, 1.54) is 0 Å². The summed E-state index contributed by atoms with van der Waals surface area (Å²) in [5, 5.41) is 3.77. The molecule has 1 amide bonds. The largest absolute Gasteiger partial charge is 0.482 e. The van der Waals surface area contributed by atoms with Crippen molar-refractivity contribution in [3.8, 4) is 5.75 Å². The fraction of sp³-hybridized carbons (Fsp3) is 0.500. The summed E-state index contributed by atoms with van der Waals surface area (Å²) in [6, 6.07) is 4.88. The average Bonchev–Trinajstić information content (AvgIpc) is 2.37. The summed E-state index contributed by atoms with van der Waals surface area (Å²) in [5.41, 5.74) is -0.122. The molecule has 0 radical (unpaired) electrons. The van der Waals surface area contributed by atoms with Crippen LogP contribution in [-0.4, -0.2) is 43.6 Å². The number of carbonyl (C=O) groups excluding carboxylic acids is 1. The molecule has 0 heterocycles. The van der Waals surface area contributed by atoms with E-state index < -0.39 is 0 Å². The molecule has 0 unspecified atom stereocenters. The SMILES string of the molecule is CN(C)C(C)(C)CNC(=O)COc1cc(Cl)ccc1Cl. The van der Waals surface area contributed by atoms with Gasteiger partial charge in [0.1, 0.15) is 5.75 Å². The molecule has 0 fully saturated rings. The monoisotopic (exact) mass is 318 g/mol. The van der Waals surface area contributed by atoms with Gasteiger partial charge in [0.2, 0.25) is 0 Å². The summed E-state index contributed by atoms with van der Waals surface area (Å²) >= 11 is 11.8. The second-order valence-corrected chi connectivity index (χ2v) is 6.19. The summed E-state index contributed by atoms with van der Waals surface area (Å²) in [6.45, 7) is 4.53. The molecule has 20 heavy (non-hydrogen) atoms. The molecule has 1 aromatic rings. The van der Waals surface area contributed by atoms with Crippen molar-refractivity contribution < 1.29 is 9.53 Å². The molecule has 1 rings (SSSR count). The lowest BCUT2D eigenvalue weighted by Crippen LogP contribution is -2.48. The Hall–Kier alpha value is -0.970. The first-order chi connectivity index (χ1) is 9.22. The molecule has 0 aromatic heterocycles. The van der Waals surface area contributed by atoms with Gasteiger partial charge in [-0.2, -0.15) is 0 Å². The van der Waals surface area contributed by atoms with Gasteiger partial charge in [-0.15, -0.1) is 0 Å². The summed E-state index contributed by atoms with van der Waals surface area (Å²) in [7, 11) is 3.93. The summed E-state index contributed by atoms with van der Waals surface area (Å²) < 4.78 is 5.36. The molecule has 0 atom stereocenters. The molecular weight excluding hydrogens is 299 g/mol. The summed E-state index contributed by atoms with van der Waals surface area (Å²) in [4.78, 5) is 13.8. The number of hydrogen-bond acceptors (Lipinski definition) is 3. The standard InChI is InChI=1S/C14H20Cl2N2O2/c1-14(2,18(3)4)9-17-13(19)8-20-12-7-10(15)5-6-11(12)16/h5-7H,8-9H2,1-4H3,(H,17,19). The number of amides is 1. The van der Waals surface area contributed by atoms with Crippen molar-refractivity contribution in [2.45, 2.75) is 19.4 Å². The van der Waals surface area contributed by atoms with Crippen LogP contribution in [0.15, 0.2) is 18.2 Å². The molecule has 0 saturated heterocycles. The van der Waals surface area contributed by atoms with Gasteiger partial charge in [0.25, 0.3) is 5.91 Å². The first kappa shape index (κ1) is 17.1. The lowest BCUT2D eigenvalue weighted by Gasteiger charge is -2.32. The van der Waals surface area contributed by atoms with Crippen LogP contribution in [0.2, 0.25) is 10.0 Å². The molecule has 0 bridgehead atoms. The van der Waals surface area contributed by atoms with E-state index in [4.69, 9.17) is 27.9 Å². The highest BCUT2D eigenvalue weighted by Crippen LogP contribution is 2.27. The van der Waals surface area contributed by atoms with Crippen LogP contribution in [0.1, 0.15) is 13.8 Å². The summed E-state index contributed by atoms with van der Waals surface area (Å²) in [6.07, 6.45) is 0. The first-order valence-electron chi connectivity index (χ1n) is 6.24. The molecule has 6 heteroatoms. The van der Waals surface area contributed by atoms with Crippen molar-refractivity contribution in [2.24, 2.45) is 0 Å². The molecule has 0 aliphatic carbocycles. The van der Waals surface area contributed by atoms with Gasteiger partial charge in [-0.25, -0.2) is 0 Å². The van der Waals surface area contributed by atoms with Crippen LogP contribution >= 0.6 is 23.2 Å². The van der Waals surface area contributed by atoms with Gasteiger partial charge < -0.3 is 15.0 Å². The number of nitrogens with one attached hydrogen (secondary N) is 1. The minimum absolute atomic E-state index is 0.0937. The fourth-order valence-corrected chi connectivity index (χ4v) is 1.59. The highest BCUT2D eigenvalue weighted by Gasteiger charge is 2.21. The van der Waals surface area contributed by atoms with Crippen molar-refractivity contribution in [3.63, 3.8) is 0 Å². The van der Waals surface area contributed by atoms with Gasteiger partial charge in [0.05, 0.1) is 5.02 Å². The molecule has 0 aliphatic heterocycles. The van der Waals surface area contributed by atoms with Gasteiger partial charge in [-0.3, -0.25) is 4.79 Å². The maximum atomic E-state index is 11.8. The minimum atomic E-state index is -0.198. The zero-order valence-electron chi connectivity index (χ0n) is 12.2. The Labute approximate surface area is 130 Å². The highest BCUT2D eigenvalue weighted by molar-refractivity contribution is 6.34. The number of carbonyl (C=O) groups is 1. The zero-order valence-corrected chi connectivity index (χ0v) is 13.7. The number of halogens is 2. The molecule has 1 N–H and O–H groups in total. The molecule has 112 valence electrons. The second kappa shape index (κ2) is 7.16.